The molecule has 0 fully saturated rings. The van der Waals surface area contributed by atoms with Crippen LogP contribution in [-0.4, -0.2) is 47.6 Å². The molecule has 0 amide bonds. The van der Waals surface area contributed by atoms with Crippen molar-refractivity contribution < 1.29 is 0 Å². The fourth-order valence-electron chi connectivity index (χ4n) is 1.28. The predicted molar refractivity (Wildman–Crippen MR) is 78.1 cm³/mol. The summed E-state index contributed by atoms with van der Waals surface area (Å²) >= 11 is 1.86. The highest BCUT2D eigenvalue weighted by Crippen LogP contribution is 2.10. The highest BCUT2D eigenvalue weighted by Gasteiger charge is 2.06. The summed E-state index contributed by atoms with van der Waals surface area (Å²) in [5, 5.41) is 3.18. The van der Waals surface area contributed by atoms with Gasteiger partial charge in [-0.25, -0.2) is 5.84 Å². The number of nitrogen functional groups attached to an aromatic ring is 1. The van der Waals surface area contributed by atoms with Gasteiger partial charge in [0.05, 0.1) is 0 Å². The van der Waals surface area contributed by atoms with Crippen LogP contribution in [0.1, 0.15) is 12.8 Å². The Kier molecular flexibility index (Phi) is 6.51. The molecular weight excluding hydrogens is 250 g/mol. The van der Waals surface area contributed by atoms with Gasteiger partial charge in [0.15, 0.2) is 0 Å². The molecule has 1 heterocycles. The lowest BCUT2D eigenvalue weighted by Crippen LogP contribution is -2.19. The summed E-state index contributed by atoms with van der Waals surface area (Å²) < 4.78 is 0. The van der Waals surface area contributed by atoms with Crippen molar-refractivity contribution in [1.29, 1.82) is 0 Å². The first-order chi connectivity index (χ1) is 8.67. The van der Waals surface area contributed by atoms with E-state index >= 15 is 0 Å². The summed E-state index contributed by atoms with van der Waals surface area (Å²) in [4.78, 5) is 14.4. The second kappa shape index (κ2) is 7.93. The second-order valence-corrected chi connectivity index (χ2v) is 4.93. The van der Waals surface area contributed by atoms with Crippen LogP contribution in [0.15, 0.2) is 0 Å². The number of nitrogens with one attached hydrogen (secondary N) is 2. The highest BCUT2D eigenvalue weighted by molar-refractivity contribution is 7.98. The molecule has 0 radical (unpaired) electrons. The molecule has 7 nitrogen and oxygen atoms in total. The quantitative estimate of drug-likeness (QED) is 0.363. The highest BCUT2D eigenvalue weighted by atomic mass is 32.2. The standard InChI is InChI=1S/C10H21N7S/c1-17(2)10-14-8(13-9(15-10)16-11)12-6-4-5-7-18-3/h4-7,11H2,1-3H3,(H2,12,13,14,15,16). The zero-order valence-electron chi connectivity index (χ0n) is 11.1. The van der Waals surface area contributed by atoms with Crippen LogP contribution in [0.25, 0.3) is 0 Å². The lowest BCUT2D eigenvalue weighted by Gasteiger charge is -2.13. The minimum Gasteiger partial charge on any atom is -0.354 e. The summed E-state index contributed by atoms with van der Waals surface area (Å²) in [6.07, 6.45) is 4.39. The first-order valence-corrected chi connectivity index (χ1v) is 7.19. The number of hydrogen-bond acceptors (Lipinski definition) is 8. The van der Waals surface area contributed by atoms with E-state index in [4.69, 9.17) is 5.84 Å². The maximum absolute atomic E-state index is 5.33. The smallest absolute Gasteiger partial charge is 0.243 e. The molecule has 0 aliphatic heterocycles. The van der Waals surface area contributed by atoms with Crippen molar-refractivity contribution >= 4 is 29.6 Å². The molecule has 0 aromatic carbocycles. The molecular formula is C10H21N7S. The molecule has 102 valence electrons. The third-order valence-electron chi connectivity index (χ3n) is 2.21. The third kappa shape index (κ3) is 4.92. The van der Waals surface area contributed by atoms with Gasteiger partial charge >= 0.3 is 0 Å². The van der Waals surface area contributed by atoms with E-state index in [0.29, 0.717) is 17.8 Å². The first kappa shape index (κ1) is 14.8. The largest absolute Gasteiger partial charge is 0.354 e. The average Bonchev–Trinajstić information content (AvgIpc) is 2.38. The lowest BCUT2D eigenvalue weighted by molar-refractivity contribution is 0.830. The van der Waals surface area contributed by atoms with Gasteiger partial charge in [-0.3, -0.25) is 5.43 Å². The number of anilines is 3. The van der Waals surface area contributed by atoms with E-state index in [9.17, 15) is 0 Å². The Hall–Kier alpha value is -1.28. The van der Waals surface area contributed by atoms with E-state index in [0.717, 1.165) is 13.0 Å². The molecule has 0 saturated heterocycles. The van der Waals surface area contributed by atoms with Crippen molar-refractivity contribution in [3.63, 3.8) is 0 Å². The summed E-state index contributed by atoms with van der Waals surface area (Å²) in [5.41, 5.74) is 2.44. The van der Waals surface area contributed by atoms with Crippen LogP contribution in [0.4, 0.5) is 17.8 Å². The van der Waals surface area contributed by atoms with Gasteiger partial charge in [0.1, 0.15) is 0 Å². The van der Waals surface area contributed by atoms with Crippen LogP contribution in [-0.2, 0) is 0 Å². The molecule has 1 rings (SSSR count). The lowest BCUT2D eigenvalue weighted by atomic mass is 10.3. The number of rotatable bonds is 8. The van der Waals surface area contributed by atoms with Gasteiger partial charge in [-0.05, 0) is 24.9 Å². The van der Waals surface area contributed by atoms with Gasteiger partial charge in [0.25, 0.3) is 0 Å². The van der Waals surface area contributed by atoms with Gasteiger partial charge in [-0.2, -0.15) is 26.7 Å². The topological polar surface area (TPSA) is 92.0 Å². The summed E-state index contributed by atoms with van der Waals surface area (Å²) in [6, 6.07) is 0. The predicted octanol–water partition coefficient (Wildman–Crippen LogP) is 0.778. The van der Waals surface area contributed by atoms with Crippen molar-refractivity contribution in [1.82, 2.24) is 15.0 Å². The summed E-state index contributed by atoms with van der Waals surface area (Å²) in [5.74, 6) is 7.99. The first-order valence-electron chi connectivity index (χ1n) is 5.80. The molecule has 1 aromatic rings. The molecule has 0 saturated carbocycles. The van der Waals surface area contributed by atoms with E-state index < -0.39 is 0 Å². The van der Waals surface area contributed by atoms with Crippen LogP contribution in [0.2, 0.25) is 0 Å². The normalized spacial score (nSPS) is 10.2. The average molecular weight is 271 g/mol. The molecule has 0 spiro atoms. The molecule has 0 atom stereocenters. The number of unbranched alkanes of at least 4 members (excludes halogenated alkanes) is 1. The van der Waals surface area contributed by atoms with Crippen LogP contribution in [0.5, 0.6) is 0 Å². The maximum atomic E-state index is 5.33. The van der Waals surface area contributed by atoms with E-state index in [1.54, 1.807) is 4.90 Å². The van der Waals surface area contributed by atoms with E-state index in [2.05, 4.69) is 32.0 Å². The van der Waals surface area contributed by atoms with E-state index in [1.165, 1.54) is 12.2 Å². The number of thioether (sulfide) groups is 1. The fraction of sp³-hybridized carbons (Fsp3) is 0.700. The van der Waals surface area contributed by atoms with Gasteiger partial charge in [-0.15, -0.1) is 0 Å². The van der Waals surface area contributed by atoms with Crippen molar-refractivity contribution in [3.8, 4) is 0 Å². The summed E-state index contributed by atoms with van der Waals surface area (Å²) in [7, 11) is 3.75. The Bertz CT molecular complexity index is 358. The third-order valence-corrected chi connectivity index (χ3v) is 2.91. The summed E-state index contributed by atoms with van der Waals surface area (Å²) in [6.45, 7) is 0.849. The molecule has 0 aliphatic rings. The Morgan fingerprint density at radius 1 is 1.17 bits per heavy atom. The molecule has 18 heavy (non-hydrogen) atoms. The molecule has 8 heteroatoms. The number of hydrogen-bond donors (Lipinski definition) is 3. The van der Waals surface area contributed by atoms with Crippen LogP contribution in [0.3, 0.4) is 0 Å². The van der Waals surface area contributed by atoms with Crippen LogP contribution in [0, 0.1) is 0 Å². The van der Waals surface area contributed by atoms with Crippen LogP contribution >= 0.6 is 11.8 Å². The maximum Gasteiger partial charge on any atom is 0.243 e. The van der Waals surface area contributed by atoms with E-state index in [-0.39, 0.29) is 0 Å². The fourth-order valence-corrected chi connectivity index (χ4v) is 1.77. The van der Waals surface area contributed by atoms with Crippen molar-refractivity contribution in [3.05, 3.63) is 0 Å². The molecule has 0 unspecified atom stereocenters. The Morgan fingerprint density at radius 2 is 1.89 bits per heavy atom. The zero-order chi connectivity index (χ0) is 13.4. The molecule has 0 aliphatic carbocycles. The van der Waals surface area contributed by atoms with Gasteiger partial charge in [0.2, 0.25) is 17.8 Å². The molecule has 4 N–H and O–H groups in total. The van der Waals surface area contributed by atoms with Gasteiger partial charge < -0.3 is 10.2 Å². The Morgan fingerprint density at radius 3 is 2.50 bits per heavy atom. The molecule has 0 bridgehead atoms. The van der Waals surface area contributed by atoms with Gasteiger partial charge in [0, 0.05) is 20.6 Å². The molecule has 1 aromatic heterocycles. The van der Waals surface area contributed by atoms with E-state index in [1.807, 2.05) is 25.9 Å². The number of nitrogens with two attached hydrogens (primary N) is 1. The monoisotopic (exact) mass is 271 g/mol. The Labute approximate surface area is 112 Å². The number of nitrogens with zero attached hydrogens (tertiary/aromatic N) is 4. The van der Waals surface area contributed by atoms with Gasteiger partial charge in [-0.1, -0.05) is 0 Å². The van der Waals surface area contributed by atoms with Crippen molar-refractivity contribution in [2.45, 2.75) is 12.8 Å². The van der Waals surface area contributed by atoms with Crippen LogP contribution < -0.4 is 21.5 Å². The second-order valence-electron chi connectivity index (χ2n) is 3.95. The minimum absolute atomic E-state index is 0.361. The number of aromatic nitrogens is 3. The number of hydrazine groups is 1. The van der Waals surface area contributed by atoms with Crippen molar-refractivity contribution in [2.75, 3.05) is 48.3 Å². The minimum atomic E-state index is 0.361. The Balaban J connectivity index is 2.56. The van der Waals surface area contributed by atoms with Crippen molar-refractivity contribution in [2.24, 2.45) is 5.84 Å². The SMILES string of the molecule is CSCCCCNc1nc(NN)nc(N(C)C)n1. The zero-order valence-corrected chi connectivity index (χ0v) is 11.9.